The van der Waals surface area contributed by atoms with Gasteiger partial charge in [-0.1, -0.05) is 6.42 Å². The van der Waals surface area contributed by atoms with Gasteiger partial charge in [0, 0.05) is 19.1 Å². The number of methoxy groups -OCH3 is 1. The van der Waals surface area contributed by atoms with E-state index in [1.54, 1.807) is 4.90 Å². The Bertz CT molecular complexity index is 243. The Morgan fingerprint density at radius 2 is 2.20 bits per heavy atom. The predicted octanol–water partition coefficient (Wildman–Crippen LogP) is -0.111. The van der Waals surface area contributed by atoms with Gasteiger partial charge >= 0.3 is 5.97 Å². The van der Waals surface area contributed by atoms with E-state index in [2.05, 4.69) is 4.74 Å². The Labute approximate surface area is 89.6 Å². The molecule has 0 aromatic carbocycles. The number of nitrogens with two attached hydrogens (primary N) is 1. The summed E-state index contributed by atoms with van der Waals surface area (Å²) in [6.07, 6.45) is 2.77. The van der Waals surface area contributed by atoms with Crippen LogP contribution < -0.4 is 5.73 Å². The highest BCUT2D eigenvalue weighted by Gasteiger charge is 2.21. The van der Waals surface area contributed by atoms with E-state index in [-0.39, 0.29) is 18.4 Å². The molecule has 0 aliphatic carbocycles. The molecule has 15 heavy (non-hydrogen) atoms. The standard InChI is InChI=1S/C10H18N2O3/c1-15-10(14)6-9(13)12-5-3-2-4-8(11)7-12/h8H,2-7,11H2,1H3. The lowest BCUT2D eigenvalue weighted by Gasteiger charge is -2.22. The maximum atomic E-state index is 11.6. The zero-order chi connectivity index (χ0) is 11.3. The topological polar surface area (TPSA) is 72.6 Å². The number of carbonyl (C=O) groups is 2. The third kappa shape index (κ3) is 3.87. The fraction of sp³-hybridized carbons (Fsp3) is 0.800. The van der Waals surface area contributed by atoms with Crippen molar-refractivity contribution < 1.29 is 14.3 Å². The highest BCUT2D eigenvalue weighted by molar-refractivity contribution is 5.94. The molecule has 0 bridgehead atoms. The van der Waals surface area contributed by atoms with Gasteiger partial charge in [0.05, 0.1) is 7.11 Å². The molecule has 0 aromatic heterocycles. The fourth-order valence-corrected chi connectivity index (χ4v) is 1.71. The van der Waals surface area contributed by atoms with Crippen molar-refractivity contribution in [2.45, 2.75) is 31.7 Å². The monoisotopic (exact) mass is 214 g/mol. The number of nitrogens with zero attached hydrogens (tertiary/aromatic N) is 1. The lowest BCUT2D eigenvalue weighted by molar-refractivity contribution is -0.146. The average molecular weight is 214 g/mol. The summed E-state index contributed by atoms with van der Waals surface area (Å²) < 4.78 is 4.45. The molecule has 1 heterocycles. The molecule has 1 saturated heterocycles. The van der Waals surface area contributed by atoms with E-state index in [9.17, 15) is 9.59 Å². The molecule has 1 unspecified atom stereocenters. The maximum Gasteiger partial charge on any atom is 0.315 e. The summed E-state index contributed by atoms with van der Waals surface area (Å²) in [5.74, 6) is -0.669. The Kier molecular flexibility index (Phi) is 4.55. The quantitative estimate of drug-likeness (QED) is 0.514. The summed E-state index contributed by atoms with van der Waals surface area (Å²) in [6, 6.07) is 0.0362. The Morgan fingerprint density at radius 3 is 2.87 bits per heavy atom. The van der Waals surface area contributed by atoms with Crippen LogP contribution in [0.1, 0.15) is 25.7 Å². The van der Waals surface area contributed by atoms with Crippen molar-refractivity contribution in [2.75, 3.05) is 20.2 Å². The van der Waals surface area contributed by atoms with E-state index in [4.69, 9.17) is 5.73 Å². The molecule has 1 aliphatic heterocycles. The van der Waals surface area contributed by atoms with E-state index in [0.717, 1.165) is 19.3 Å². The van der Waals surface area contributed by atoms with Crippen LogP contribution in [0, 0.1) is 0 Å². The second-order valence-electron chi connectivity index (χ2n) is 3.85. The normalized spacial score (nSPS) is 22.0. The molecule has 1 aliphatic rings. The summed E-state index contributed by atoms with van der Waals surface area (Å²) in [5, 5.41) is 0. The summed E-state index contributed by atoms with van der Waals surface area (Å²) in [5.41, 5.74) is 5.82. The van der Waals surface area contributed by atoms with Crippen LogP contribution in [0.15, 0.2) is 0 Å². The molecule has 1 atom stereocenters. The van der Waals surface area contributed by atoms with Crippen molar-refractivity contribution in [1.82, 2.24) is 4.90 Å². The van der Waals surface area contributed by atoms with E-state index in [1.165, 1.54) is 7.11 Å². The molecule has 0 spiro atoms. The zero-order valence-corrected chi connectivity index (χ0v) is 9.07. The van der Waals surface area contributed by atoms with Gasteiger partial charge in [-0.2, -0.15) is 0 Å². The van der Waals surface area contributed by atoms with Gasteiger partial charge in [-0.05, 0) is 12.8 Å². The van der Waals surface area contributed by atoms with Crippen LogP contribution >= 0.6 is 0 Å². The lowest BCUT2D eigenvalue weighted by Crippen LogP contribution is -2.40. The van der Waals surface area contributed by atoms with Crippen molar-refractivity contribution in [1.29, 1.82) is 0 Å². The van der Waals surface area contributed by atoms with Gasteiger partial charge in [0.15, 0.2) is 0 Å². The van der Waals surface area contributed by atoms with Crippen molar-refractivity contribution >= 4 is 11.9 Å². The number of ether oxygens (including phenoxy) is 1. The maximum absolute atomic E-state index is 11.6. The molecule has 1 amide bonds. The first-order chi connectivity index (χ1) is 7.13. The van der Waals surface area contributed by atoms with Crippen molar-refractivity contribution in [3.05, 3.63) is 0 Å². The van der Waals surface area contributed by atoms with Gasteiger partial charge in [-0.3, -0.25) is 9.59 Å². The summed E-state index contributed by atoms with van der Waals surface area (Å²) in [7, 11) is 1.28. The molecular weight excluding hydrogens is 196 g/mol. The minimum Gasteiger partial charge on any atom is -0.469 e. The minimum atomic E-state index is -0.488. The molecule has 1 rings (SSSR count). The zero-order valence-electron chi connectivity index (χ0n) is 9.07. The van der Waals surface area contributed by atoms with Gasteiger partial charge in [0.2, 0.25) is 5.91 Å². The number of hydrogen-bond acceptors (Lipinski definition) is 4. The molecule has 86 valence electrons. The lowest BCUT2D eigenvalue weighted by atomic mass is 10.2. The van der Waals surface area contributed by atoms with Crippen LogP contribution in [0.5, 0.6) is 0 Å². The van der Waals surface area contributed by atoms with Crippen molar-refractivity contribution in [3.8, 4) is 0 Å². The number of likely N-dealkylation sites (tertiary alicyclic amines) is 1. The number of amides is 1. The van der Waals surface area contributed by atoms with Gasteiger partial charge in [-0.25, -0.2) is 0 Å². The molecule has 1 fully saturated rings. The largest absolute Gasteiger partial charge is 0.469 e. The van der Waals surface area contributed by atoms with Crippen LogP contribution in [0.3, 0.4) is 0 Å². The smallest absolute Gasteiger partial charge is 0.315 e. The molecule has 0 aromatic rings. The third-order valence-corrected chi connectivity index (χ3v) is 2.58. The minimum absolute atomic E-state index is 0.0362. The Balaban J connectivity index is 2.46. The molecule has 0 radical (unpaired) electrons. The second kappa shape index (κ2) is 5.70. The molecule has 5 heteroatoms. The van der Waals surface area contributed by atoms with Crippen molar-refractivity contribution in [2.24, 2.45) is 5.73 Å². The van der Waals surface area contributed by atoms with Gasteiger partial charge in [0.25, 0.3) is 0 Å². The van der Waals surface area contributed by atoms with E-state index >= 15 is 0 Å². The van der Waals surface area contributed by atoms with Crippen LogP contribution in [-0.2, 0) is 14.3 Å². The number of rotatable bonds is 2. The van der Waals surface area contributed by atoms with Crippen LogP contribution in [0.2, 0.25) is 0 Å². The molecular formula is C10H18N2O3. The van der Waals surface area contributed by atoms with Crippen LogP contribution in [-0.4, -0.2) is 43.0 Å². The predicted molar refractivity (Wildman–Crippen MR) is 55.0 cm³/mol. The average Bonchev–Trinajstić information content (AvgIpc) is 2.42. The van der Waals surface area contributed by atoms with Gasteiger partial charge in [0.1, 0.15) is 6.42 Å². The van der Waals surface area contributed by atoms with Crippen LogP contribution in [0.4, 0.5) is 0 Å². The number of esters is 1. The van der Waals surface area contributed by atoms with E-state index in [0.29, 0.717) is 13.1 Å². The van der Waals surface area contributed by atoms with Gasteiger partial charge in [-0.15, -0.1) is 0 Å². The molecule has 0 saturated carbocycles. The first-order valence-electron chi connectivity index (χ1n) is 5.23. The first-order valence-corrected chi connectivity index (χ1v) is 5.23. The summed E-state index contributed by atoms with van der Waals surface area (Å²) in [4.78, 5) is 24.2. The van der Waals surface area contributed by atoms with Crippen molar-refractivity contribution in [3.63, 3.8) is 0 Å². The second-order valence-corrected chi connectivity index (χ2v) is 3.85. The first kappa shape index (κ1) is 12.0. The highest BCUT2D eigenvalue weighted by Crippen LogP contribution is 2.10. The van der Waals surface area contributed by atoms with E-state index < -0.39 is 5.97 Å². The molecule has 5 nitrogen and oxygen atoms in total. The summed E-state index contributed by atoms with van der Waals surface area (Å²) >= 11 is 0. The Hall–Kier alpha value is -1.10. The fourth-order valence-electron chi connectivity index (χ4n) is 1.71. The van der Waals surface area contributed by atoms with E-state index in [1.807, 2.05) is 0 Å². The van der Waals surface area contributed by atoms with Gasteiger partial charge < -0.3 is 15.4 Å². The number of hydrogen-bond donors (Lipinski definition) is 1. The SMILES string of the molecule is COC(=O)CC(=O)N1CCCCC(N)C1. The molecule has 2 N–H and O–H groups in total. The highest BCUT2D eigenvalue weighted by atomic mass is 16.5. The Morgan fingerprint density at radius 1 is 1.47 bits per heavy atom. The summed E-state index contributed by atoms with van der Waals surface area (Å²) in [6.45, 7) is 1.25. The third-order valence-electron chi connectivity index (χ3n) is 2.58. The number of carbonyl (C=O) groups excluding carboxylic acids is 2. The van der Waals surface area contributed by atoms with Crippen LogP contribution in [0.25, 0.3) is 0 Å².